The maximum Gasteiger partial charge on any atom is 0.226 e. The Labute approximate surface area is 95.4 Å². The maximum absolute atomic E-state index is 11.5. The van der Waals surface area contributed by atoms with Gasteiger partial charge in [0.05, 0.1) is 5.88 Å². The topological polar surface area (TPSA) is 29.1 Å². The minimum Gasteiger partial charge on any atom is -0.346 e. The summed E-state index contributed by atoms with van der Waals surface area (Å²) in [7, 11) is 3.48. The first-order chi connectivity index (χ1) is 6.13. The van der Waals surface area contributed by atoms with E-state index in [0.717, 1.165) is 0 Å². The second kappa shape index (κ2) is 5.31. The van der Waals surface area contributed by atoms with E-state index in [1.165, 1.54) is 0 Å². The van der Waals surface area contributed by atoms with Gasteiger partial charge in [-0.05, 0) is 0 Å². The van der Waals surface area contributed by atoms with E-state index in [-0.39, 0.29) is 16.1 Å². The van der Waals surface area contributed by atoms with Gasteiger partial charge >= 0.3 is 0 Å². The molecule has 0 fully saturated rings. The van der Waals surface area contributed by atoms with Gasteiger partial charge in [0.15, 0.2) is 0 Å². The van der Waals surface area contributed by atoms with Gasteiger partial charge in [0.1, 0.15) is 0 Å². The molecule has 4 heteroatoms. The average molecular weight is 235 g/mol. The normalized spacial score (nSPS) is 12.7. The molecule has 0 aromatic heterocycles. The van der Waals surface area contributed by atoms with Crippen LogP contribution in [0.4, 0.5) is 0 Å². The van der Waals surface area contributed by atoms with Crippen molar-refractivity contribution in [3.8, 4) is 0 Å². The highest BCUT2D eigenvalue weighted by Gasteiger charge is 2.20. The third-order valence-electron chi connectivity index (χ3n) is 1.28. The first kappa shape index (κ1) is 14.2. The molecule has 2 nitrogen and oxygen atoms in total. The van der Waals surface area contributed by atoms with Crippen LogP contribution in [-0.2, 0) is 4.79 Å². The van der Waals surface area contributed by atoms with Gasteiger partial charge in [0.25, 0.3) is 0 Å². The van der Waals surface area contributed by atoms with Crippen molar-refractivity contribution in [2.45, 2.75) is 46.3 Å². The van der Waals surface area contributed by atoms with Crippen molar-refractivity contribution in [1.29, 1.82) is 0 Å². The van der Waals surface area contributed by atoms with Crippen LogP contribution in [0, 0.1) is 5.41 Å². The Kier molecular flexibility index (Phi) is 5.37. The van der Waals surface area contributed by atoms with Crippen LogP contribution in [0.1, 0.15) is 41.5 Å². The summed E-state index contributed by atoms with van der Waals surface area (Å²) < 4.78 is 0.247. The monoisotopic (exact) mass is 235 g/mol. The van der Waals surface area contributed by atoms with Crippen molar-refractivity contribution >= 4 is 27.5 Å². The van der Waals surface area contributed by atoms with Crippen LogP contribution >= 0.6 is 21.6 Å². The van der Waals surface area contributed by atoms with Crippen LogP contribution in [0.15, 0.2) is 0 Å². The van der Waals surface area contributed by atoms with Gasteiger partial charge in [-0.2, -0.15) is 0 Å². The zero-order valence-corrected chi connectivity index (χ0v) is 11.6. The van der Waals surface area contributed by atoms with Crippen LogP contribution in [0.2, 0.25) is 0 Å². The Bertz CT molecular complexity index is 191. The molecule has 0 aliphatic heterocycles. The summed E-state index contributed by atoms with van der Waals surface area (Å²) in [5.41, 5.74) is -0.285. The molecule has 0 unspecified atom stereocenters. The molecule has 0 aliphatic rings. The van der Waals surface area contributed by atoms with Crippen molar-refractivity contribution in [3.63, 3.8) is 0 Å². The van der Waals surface area contributed by atoms with Crippen molar-refractivity contribution in [2.75, 3.05) is 5.88 Å². The highest BCUT2D eigenvalue weighted by molar-refractivity contribution is 8.77. The molecule has 0 saturated heterocycles. The highest BCUT2D eigenvalue weighted by atomic mass is 33.1. The van der Waals surface area contributed by atoms with E-state index in [1.54, 1.807) is 21.6 Å². The molecule has 84 valence electrons. The molecular weight excluding hydrogens is 214 g/mol. The predicted molar refractivity (Wildman–Crippen MR) is 67.4 cm³/mol. The summed E-state index contributed by atoms with van der Waals surface area (Å²) in [5.74, 6) is 0.789. The van der Waals surface area contributed by atoms with E-state index in [1.807, 2.05) is 20.8 Å². The summed E-state index contributed by atoms with van der Waals surface area (Å²) in [6, 6.07) is 0. The molecular formula is C10H21NOS2. The zero-order valence-electron chi connectivity index (χ0n) is 9.93. The molecule has 0 spiro atoms. The second-order valence-corrected chi connectivity index (χ2v) is 8.34. The third-order valence-corrected chi connectivity index (χ3v) is 4.37. The molecule has 0 radical (unpaired) electrons. The van der Waals surface area contributed by atoms with E-state index >= 15 is 0 Å². The lowest BCUT2D eigenvalue weighted by molar-refractivity contribution is -0.128. The smallest absolute Gasteiger partial charge is 0.226 e. The molecule has 0 saturated carbocycles. The summed E-state index contributed by atoms with van der Waals surface area (Å²) in [4.78, 5) is 11.5. The van der Waals surface area contributed by atoms with Gasteiger partial charge in [-0.25, -0.2) is 0 Å². The van der Waals surface area contributed by atoms with Gasteiger partial charge in [0.2, 0.25) is 5.91 Å². The lowest BCUT2D eigenvalue weighted by Crippen LogP contribution is -2.34. The number of carbonyl (C=O) groups excluding carboxylic acids is 1. The number of carbonyl (C=O) groups is 1. The number of rotatable bonds is 3. The number of nitrogens with one attached hydrogen (secondary N) is 1. The molecule has 0 aliphatic carbocycles. The Hall–Kier alpha value is 0.170. The van der Waals surface area contributed by atoms with Crippen molar-refractivity contribution < 1.29 is 4.79 Å². The molecule has 0 bridgehead atoms. The van der Waals surface area contributed by atoms with Crippen molar-refractivity contribution in [1.82, 2.24) is 5.32 Å². The summed E-state index contributed by atoms with van der Waals surface area (Å²) in [6.45, 7) is 12.3. The zero-order chi connectivity index (χ0) is 11.4. The Balaban J connectivity index is 3.62. The molecule has 1 amide bonds. The lowest BCUT2D eigenvalue weighted by Gasteiger charge is -2.19. The van der Waals surface area contributed by atoms with Gasteiger partial charge < -0.3 is 5.32 Å². The van der Waals surface area contributed by atoms with Crippen molar-refractivity contribution in [2.24, 2.45) is 5.41 Å². The van der Waals surface area contributed by atoms with Crippen LogP contribution in [0.3, 0.4) is 0 Å². The molecule has 0 rings (SSSR count). The predicted octanol–water partition coefficient (Wildman–Crippen LogP) is 3.29. The molecule has 0 heterocycles. The SMILES string of the molecule is CC(C)(C)SSCNC(=O)C(C)(C)C. The third kappa shape index (κ3) is 7.56. The maximum atomic E-state index is 11.5. The molecule has 0 atom stereocenters. The first-order valence-corrected chi connectivity index (χ1v) is 7.04. The molecule has 1 N–H and O–H groups in total. The average Bonchev–Trinajstić information content (AvgIpc) is 1.93. The number of hydrogen-bond acceptors (Lipinski definition) is 3. The minimum absolute atomic E-state index is 0.111. The molecule has 14 heavy (non-hydrogen) atoms. The van der Waals surface area contributed by atoms with Gasteiger partial charge in [-0.15, -0.1) is 0 Å². The van der Waals surface area contributed by atoms with E-state index < -0.39 is 0 Å². The van der Waals surface area contributed by atoms with E-state index in [2.05, 4.69) is 26.1 Å². The minimum atomic E-state index is -0.285. The van der Waals surface area contributed by atoms with Gasteiger partial charge in [-0.3, -0.25) is 4.79 Å². The summed E-state index contributed by atoms with van der Waals surface area (Å²) in [6.07, 6.45) is 0. The van der Waals surface area contributed by atoms with E-state index in [4.69, 9.17) is 0 Å². The fraction of sp³-hybridized carbons (Fsp3) is 0.900. The van der Waals surface area contributed by atoms with E-state index in [0.29, 0.717) is 5.88 Å². The lowest BCUT2D eigenvalue weighted by atomic mass is 9.96. The van der Waals surface area contributed by atoms with Crippen LogP contribution < -0.4 is 5.32 Å². The van der Waals surface area contributed by atoms with Crippen molar-refractivity contribution in [3.05, 3.63) is 0 Å². The Morgan fingerprint density at radius 1 is 1.14 bits per heavy atom. The fourth-order valence-corrected chi connectivity index (χ4v) is 2.58. The quantitative estimate of drug-likeness (QED) is 0.462. The standard InChI is InChI=1S/C10H21NOS2/c1-9(2,3)8(12)11-7-13-14-10(4,5)6/h7H2,1-6H3,(H,11,12). The largest absolute Gasteiger partial charge is 0.346 e. The summed E-state index contributed by atoms with van der Waals surface area (Å²) >= 11 is 0. The van der Waals surface area contributed by atoms with Crippen LogP contribution in [0.5, 0.6) is 0 Å². The number of amides is 1. The van der Waals surface area contributed by atoms with Gasteiger partial charge in [0, 0.05) is 10.2 Å². The van der Waals surface area contributed by atoms with E-state index in [9.17, 15) is 4.79 Å². The Morgan fingerprint density at radius 2 is 1.64 bits per heavy atom. The Morgan fingerprint density at radius 3 is 2.00 bits per heavy atom. The molecule has 0 aromatic carbocycles. The highest BCUT2D eigenvalue weighted by Crippen LogP contribution is 2.34. The second-order valence-electron chi connectivity index (χ2n) is 5.21. The first-order valence-electron chi connectivity index (χ1n) is 4.72. The van der Waals surface area contributed by atoms with Crippen LogP contribution in [0.25, 0.3) is 0 Å². The van der Waals surface area contributed by atoms with Crippen LogP contribution in [-0.4, -0.2) is 16.5 Å². The number of hydrogen-bond donors (Lipinski definition) is 1. The van der Waals surface area contributed by atoms with Gasteiger partial charge in [-0.1, -0.05) is 63.1 Å². The summed E-state index contributed by atoms with van der Waals surface area (Å²) in [5, 5.41) is 2.90. The fourth-order valence-electron chi connectivity index (χ4n) is 0.566. The molecule has 0 aromatic rings.